The molecule has 2 aliphatic rings. The second-order valence-corrected chi connectivity index (χ2v) is 8.91. The van der Waals surface area contributed by atoms with Gasteiger partial charge in [-0.05, 0) is 67.9 Å². The van der Waals surface area contributed by atoms with Crippen molar-refractivity contribution in [2.45, 2.75) is 26.8 Å². The third-order valence-corrected chi connectivity index (χ3v) is 6.58. The maximum atomic E-state index is 13.8. The number of anilines is 1. The maximum Gasteiger partial charge on any atom is 0.337 e. The van der Waals surface area contributed by atoms with Gasteiger partial charge in [-0.25, -0.2) is 4.79 Å². The van der Waals surface area contributed by atoms with Gasteiger partial charge in [0.05, 0.1) is 43.2 Å². The summed E-state index contributed by atoms with van der Waals surface area (Å²) in [6.07, 6.45) is 0. The van der Waals surface area contributed by atoms with Crippen LogP contribution in [0.1, 0.15) is 40.0 Å². The van der Waals surface area contributed by atoms with Gasteiger partial charge in [0.25, 0.3) is 5.91 Å². The average Bonchev–Trinajstić information content (AvgIpc) is 2.85. The van der Waals surface area contributed by atoms with E-state index in [0.717, 1.165) is 28.1 Å². The highest BCUT2D eigenvalue weighted by atomic mass is 32.1. The van der Waals surface area contributed by atoms with Gasteiger partial charge in [0.2, 0.25) is 0 Å². The van der Waals surface area contributed by atoms with Crippen molar-refractivity contribution in [3.05, 3.63) is 76.0 Å². The van der Waals surface area contributed by atoms with Crippen molar-refractivity contribution < 1.29 is 19.1 Å². The second kappa shape index (κ2) is 9.95. The summed E-state index contributed by atoms with van der Waals surface area (Å²) in [6, 6.07) is 12.8. The van der Waals surface area contributed by atoms with Crippen molar-refractivity contribution in [1.29, 1.82) is 0 Å². The number of ether oxygens (including phenoxy) is 2. The van der Waals surface area contributed by atoms with Crippen molar-refractivity contribution in [1.82, 2.24) is 10.2 Å². The highest BCUT2D eigenvalue weighted by Gasteiger charge is 2.37. The predicted molar refractivity (Wildman–Crippen MR) is 135 cm³/mol. The number of carbonyl (C=O) groups is 2. The van der Waals surface area contributed by atoms with E-state index < -0.39 is 12.0 Å². The van der Waals surface area contributed by atoms with Crippen molar-refractivity contribution in [3.63, 3.8) is 0 Å². The summed E-state index contributed by atoms with van der Waals surface area (Å²) in [5, 5.41) is 3.92. The number of allylic oxidation sites excluding steroid dienone is 1. The number of aryl methyl sites for hydroxylation is 2. The SMILES string of the molecule is COC(=O)c1ccc(C2NC(=S)N(c3cc(C)ccc3C)C(C)=C2C(=O)N2CCOCC2)cc1. The van der Waals surface area contributed by atoms with Crippen molar-refractivity contribution in [3.8, 4) is 0 Å². The molecule has 1 saturated heterocycles. The largest absolute Gasteiger partial charge is 0.465 e. The van der Waals surface area contributed by atoms with Crippen LogP contribution in [0.3, 0.4) is 0 Å². The van der Waals surface area contributed by atoms with Crippen molar-refractivity contribution >= 4 is 34.9 Å². The van der Waals surface area contributed by atoms with E-state index in [4.69, 9.17) is 21.7 Å². The molecule has 4 rings (SSSR count). The molecule has 1 atom stereocenters. The molecule has 7 nitrogen and oxygen atoms in total. The number of rotatable bonds is 4. The van der Waals surface area contributed by atoms with E-state index in [1.165, 1.54) is 7.11 Å². The molecule has 1 N–H and O–H groups in total. The fourth-order valence-corrected chi connectivity index (χ4v) is 4.74. The molecule has 34 heavy (non-hydrogen) atoms. The Bertz CT molecular complexity index is 1150. The van der Waals surface area contributed by atoms with Crippen LogP contribution in [0.15, 0.2) is 53.7 Å². The van der Waals surface area contributed by atoms with Gasteiger partial charge in [-0.1, -0.05) is 24.3 Å². The van der Waals surface area contributed by atoms with Crippen molar-refractivity contribution in [2.24, 2.45) is 0 Å². The smallest absolute Gasteiger partial charge is 0.337 e. The number of nitrogens with zero attached hydrogens (tertiary/aromatic N) is 2. The van der Waals surface area contributed by atoms with Crippen LogP contribution in [0, 0.1) is 13.8 Å². The Labute approximate surface area is 205 Å². The van der Waals surface area contributed by atoms with E-state index in [0.29, 0.717) is 42.6 Å². The molecule has 8 heteroatoms. The number of carbonyl (C=O) groups excluding carboxylic acids is 2. The van der Waals surface area contributed by atoms with E-state index >= 15 is 0 Å². The van der Waals surface area contributed by atoms with Crippen LogP contribution in [0.25, 0.3) is 0 Å². The number of methoxy groups -OCH3 is 1. The molecular weight excluding hydrogens is 450 g/mol. The molecule has 1 unspecified atom stereocenters. The van der Waals surface area contributed by atoms with E-state index in [1.54, 1.807) is 12.1 Å². The van der Waals surface area contributed by atoms with Crippen LogP contribution in [0.5, 0.6) is 0 Å². The minimum atomic E-state index is -0.448. The zero-order valence-electron chi connectivity index (χ0n) is 19.9. The zero-order chi connectivity index (χ0) is 24.4. The maximum absolute atomic E-state index is 13.8. The van der Waals surface area contributed by atoms with Crippen LogP contribution in [-0.4, -0.2) is 55.3 Å². The molecule has 0 saturated carbocycles. The van der Waals surface area contributed by atoms with E-state index in [9.17, 15) is 9.59 Å². The molecule has 0 bridgehead atoms. The van der Waals surface area contributed by atoms with Gasteiger partial charge in [0, 0.05) is 18.8 Å². The lowest BCUT2D eigenvalue weighted by Crippen LogP contribution is -2.51. The van der Waals surface area contributed by atoms with Gasteiger partial charge in [-0.15, -0.1) is 0 Å². The number of hydrogen-bond acceptors (Lipinski definition) is 5. The van der Waals surface area contributed by atoms with Gasteiger partial charge < -0.3 is 19.7 Å². The summed E-state index contributed by atoms with van der Waals surface area (Å²) in [6.45, 7) is 8.12. The lowest BCUT2D eigenvalue weighted by molar-refractivity contribution is -0.131. The van der Waals surface area contributed by atoms with Gasteiger partial charge in [-0.3, -0.25) is 9.69 Å². The Hall–Kier alpha value is -3.23. The Morgan fingerprint density at radius 2 is 1.74 bits per heavy atom. The Morgan fingerprint density at radius 3 is 2.38 bits per heavy atom. The molecule has 0 radical (unpaired) electrons. The summed E-state index contributed by atoms with van der Waals surface area (Å²) in [4.78, 5) is 29.5. The van der Waals surface area contributed by atoms with Crippen LogP contribution < -0.4 is 10.2 Å². The fraction of sp³-hybridized carbons (Fsp3) is 0.346. The lowest BCUT2D eigenvalue weighted by atomic mass is 9.92. The molecule has 178 valence electrons. The first kappa shape index (κ1) is 23.9. The van der Waals surface area contributed by atoms with Crippen LogP contribution >= 0.6 is 12.2 Å². The predicted octanol–water partition coefficient (Wildman–Crippen LogP) is 3.66. The Kier molecular flexibility index (Phi) is 7.00. The molecule has 0 aromatic heterocycles. The first-order valence-corrected chi connectivity index (χ1v) is 11.7. The van der Waals surface area contributed by atoms with Crippen LogP contribution in [0.4, 0.5) is 5.69 Å². The summed E-state index contributed by atoms with van der Waals surface area (Å²) in [5.41, 5.74) is 5.82. The van der Waals surface area contributed by atoms with Crippen LogP contribution in [-0.2, 0) is 14.3 Å². The normalized spacial score (nSPS) is 18.6. The minimum absolute atomic E-state index is 0.0480. The van der Waals surface area contributed by atoms with Gasteiger partial charge in [0.1, 0.15) is 0 Å². The number of benzene rings is 2. The number of morpholine rings is 1. The lowest BCUT2D eigenvalue weighted by Gasteiger charge is -2.40. The molecule has 2 aliphatic heterocycles. The summed E-state index contributed by atoms with van der Waals surface area (Å²) >= 11 is 5.81. The Balaban J connectivity index is 1.82. The van der Waals surface area contributed by atoms with E-state index in [2.05, 4.69) is 23.5 Å². The number of esters is 1. The summed E-state index contributed by atoms with van der Waals surface area (Å²) in [5.74, 6) is -0.454. The topological polar surface area (TPSA) is 71.1 Å². The molecule has 1 amide bonds. The number of amides is 1. The third kappa shape index (κ3) is 4.56. The molecule has 0 aliphatic carbocycles. The van der Waals surface area contributed by atoms with Gasteiger partial charge in [-0.2, -0.15) is 0 Å². The second-order valence-electron chi connectivity index (χ2n) is 8.53. The number of hydrogen-bond donors (Lipinski definition) is 1. The first-order chi connectivity index (χ1) is 16.3. The highest BCUT2D eigenvalue weighted by molar-refractivity contribution is 7.80. The molecular formula is C26H29N3O4S. The minimum Gasteiger partial charge on any atom is -0.465 e. The highest BCUT2D eigenvalue weighted by Crippen LogP contribution is 2.36. The standard InChI is InChI=1S/C26H29N3O4S/c1-16-5-6-17(2)21(15-16)29-18(3)22(24(30)28-11-13-33-14-12-28)23(27-26(29)34)19-7-9-20(10-8-19)25(31)32-4/h5-10,15,23H,11-14H2,1-4H3,(H,27,34). The Morgan fingerprint density at radius 1 is 1.06 bits per heavy atom. The zero-order valence-corrected chi connectivity index (χ0v) is 20.7. The van der Waals surface area contributed by atoms with Crippen molar-refractivity contribution in [2.75, 3.05) is 38.3 Å². The quantitative estimate of drug-likeness (QED) is 0.530. The van der Waals surface area contributed by atoms with E-state index in [1.807, 2.05) is 42.7 Å². The van der Waals surface area contributed by atoms with Gasteiger partial charge >= 0.3 is 5.97 Å². The third-order valence-electron chi connectivity index (χ3n) is 6.28. The molecule has 1 fully saturated rings. The average molecular weight is 480 g/mol. The first-order valence-electron chi connectivity index (χ1n) is 11.3. The van der Waals surface area contributed by atoms with Gasteiger partial charge in [0.15, 0.2) is 5.11 Å². The van der Waals surface area contributed by atoms with Crippen LogP contribution in [0.2, 0.25) is 0 Å². The number of thiocarbonyl (C=S) groups is 1. The number of nitrogens with one attached hydrogen (secondary N) is 1. The fourth-order valence-electron chi connectivity index (χ4n) is 4.39. The summed E-state index contributed by atoms with van der Waals surface area (Å²) in [7, 11) is 1.35. The molecule has 2 aromatic rings. The monoisotopic (exact) mass is 479 g/mol. The molecule has 2 heterocycles. The van der Waals surface area contributed by atoms with E-state index in [-0.39, 0.29) is 5.91 Å². The summed E-state index contributed by atoms with van der Waals surface area (Å²) < 4.78 is 10.3. The molecule has 0 spiro atoms. The molecule has 2 aromatic carbocycles.